The molecule has 0 bridgehead atoms. The fraction of sp³-hybridized carbons (Fsp3) is 1.00. The van der Waals surface area contributed by atoms with Crippen molar-refractivity contribution >= 4 is 10.2 Å². The maximum absolute atomic E-state index is 12.2. The fourth-order valence-electron chi connectivity index (χ4n) is 2.65. The SMILES string of the molecule is CC(C)NCC1CCN(S(=O)(=O)NCCC2CC2)CC1. The topological polar surface area (TPSA) is 61.4 Å². The van der Waals surface area contributed by atoms with Crippen LogP contribution < -0.4 is 10.0 Å². The molecule has 2 aliphatic rings. The molecule has 0 unspecified atom stereocenters. The van der Waals surface area contributed by atoms with Crippen molar-refractivity contribution in [3.8, 4) is 0 Å². The van der Waals surface area contributed by atoms with E-state index in [0.717, 1.165) is 31.7 Å². The Balaban J connectivity index is 1.68. The van der Waals surface area contributed by atoms with Crippen LogP contribution in [0.1, 0.15) is 46.0 Å². The number of hydrogen-bond donors (Lipinski definition) is 2. The summed E-state index contributed by atoms with van der Waals surface area (Å²) >= 11 is 0. The molecule has 1 saturated heterocycles. The summed E-state index contributed by atoms with van der Waals surface area (Å²) in [4.78, 5) is 0. The standard InChI is InChI=1S/C14H29N3O2S/c1-12(2)15-11-14-6-9-17(10-7-14)20(18,19)16-8-5-13-3-4-13/h12-16H,3-11H2,1-2H3. The Morgan fingerprint density at radius 1 is 1.10 bits per heavy atom. The van der Waals surface area contributed by atoms with Gasteiger partial charge in [-0.3, -0.25) is 0 Å². The van der Waals surface area contributed by atoms with Gasteiger partial charge in [-0.15, -0.1) is 0 Å². The van der Waals surface area contributed by atoms with Gasteiger partial charge in [0.1, 0.15) is 0 Å². The molecule has 0 atom stereocenters. The fourth-order valence-corrected chi connectivity index (χ4v) is 3.90. The molecule has 0 aromatic heterocycles. The van der Waals surface area contributed by atoms with Gasteiger partial charge in [0, 0.05) is 25.7 Å². The quantitative estimate of drug-likeness (QED) is 0.711. The largest absolute Gasteiger partial charge is 0.314 e. The summed E-state index contributed by atoms with van der Waals surface area (Å²) < 4.78 is 28.7. The molecular weight excluding hydrogens is 274 g/mol. The van der Waals surface area contributed by atoms with Crippen molar-refractivity contribution in [3.63, 3.8) is 0 Å². The van der Waals surface area contributed by atoms with E-state index in [1.165, 1.54) is 12.8 Å². The molecule has 1 aliphatic carbocycles. The van der Waals surface area contributed by atoms with E-state index in [1.54, 1.807) is 4.31 Å². The molecule has 0 radical (unpaired) electrons. The van der Waals surface area contributed by atoms with Crippen LogP contribution in [0.4, 0.5) is 0 Å². The lowest BCUT2D eigenvalue weighted by atomic mass is 9.98. The number of rotatable bonds is 8. The second-order valence-corrected chi connectivity index (χ2v) is 8.29. The highest BCUT2D eigenvalue weighted by Crippen LogP contribution is 2.31. The Hall–Kier alpha value is -0.170. The zero-order chi connectivity index (χ0) is 14.6. The lowest BCUT2D eigenvalue weighted by Crippen LogP contribution is -2.46. The highest BCUT2D eigenvalue weighted by atomic mass is 32.2. The predicted octanol–water partition coefficient (Wildman–Crippen LogP) is 1.33. The molecule has 20 heavy (non-hydrogen) atoms. The van der Waals surface area contributed by atoms with Gasteiger partial charge < -0.3 is 5.32 Å². The Morgan fingerprint density at radius 3 is 2.30 bits per heavy atom. The van der Waals surface area contributed by atoms with E-state index in [2.05, 4.69) is 23.9 Å². The number of nitrogens with zero attached hydrogens (tertiary/aromatic N) is 1. The summed E-state index contributed by atoms with van der Waals surface area (Å²) in [6.07, 6.45) is 5.46. The lowest BCUT2D eigenvalue weighted by molar-refractivity contribution is 0.261. The zero-order valence-electron chi connectivity index (χ0n) is 12.8. The minimum atomic E-state index is -3.24. The van der Waals surface area contributed by atoms with Crippen LogP contribution in [0.2, 0.25) is 0 Å². The number of piperidine rings is 1. The van der Waals surface area contributed by atoms with Crippen LogP contribution in [0.5, 0.6) is 0 Å². The third kappa shape index (κ3) is 5.31. The summed E-state index contributed by atoms with van der Waals surface area (Å²) in [5.74, 6) is 1.38. The molecule has 0 amide bonds. The van der Waals surface area contributed by atoms with Crippen LogP contribution in [0, 0.1) is 11.8 Å². The first kappa shape index (κ1) is 16.2. The second-order valence-electron chi connectivity index (χ2n) is 6.54. The maximum atomic E-state index is 12.2. The molecule has 5 nitrogen and oxygen atoms in total. The lowest BCUT2D eigenvalue weighted by Gasteiger charge is -2.31. The normalized spacial score (nSPS) is 22.6. The molecular formula is C14H29N3O2S. The minimum Gasteiger partial charge on any atom is -0.314 e. The van der Waals surface area contributed by atoms with Gasteiger partial charge in [0.2, 0.25) is 0 Å². The Morgan fingerprint density at radius 2 is 1.75 bits per heavy atom. The van der Waals surface area contributed by atoms with E-state index in [9.17, 15) is 8.42 Å². The van der Waals surface area contributed by atoms with E-state index in [1.807, 2.05) is 0 Å². The van der Waals surface area contributed by atoms with E-state index in [0.29, 0.717) is 31.6 Å². The van der Waals surface area contributed by atoms with E-state index < -0.39 is 10.2 Å². The Labute approximate surface area is 123 Å². The molecule has 2 N–H and O–H groups in total. The highest BCUT2D eigenvalue weighted by Gasteiger charge is 2.28. The van der Waals surface area contributed by atoms with Crippen molar-refractivity contribution in [2.45, 2.75) is 52.0 Å². The van der Waals surface area contributed by atoms with Crippen LogP contribution in [0.15, 0.2) is 0 Å². The molecule has 0 aromatic rings. The van der Waals surface area contributed by atoms with Gasteiger partial charge in [0.15, 0.2) is 0 Å². The third-order valence-electron chi connectivity index (χ3n) is 4.26. The van der Waals surface area contributed by atoms with Gasteiger partial charge in [-0.2, -0.15) is 12.7 Å². The monoisotopic (exact) mass is 303 g/mol. The predicted molar refractivity (Wildman–Crippen MR) is 81.7 cm³/mol. The Bertz CT molecular complexity index is 385. The summed E-state index contributed by atoms with van der Waals surface area (Å²) in [6.45, 7) is 7.20. The second kappa shape index (κ2) is 7.20. The van der Waals surface area contributed by atoms with E-state index in [-0.39, 0.29) is 0 Å². The highest BCUT2D eigenvalue weighted by molar-refractivity contribution is 7.87. The molecule has 6 heteroatoms. The van der Waals surface area contributed by atoms with Crippen molar-refractivity contribution in [3.05, 3.63) is 0 Å². The molecule has 118 valence electrons. The van der Waals surface area contributed by atoms with Gasteiger partial charge in [-0.25, -0.2) is 4.72 Å². The van der Waals surface area contributed by atoms with Crippen LogP contribution in [-0.4, -0.2) is 44.9 Å². The number of nitrogens with one attached hydrogen (secondary N) is 2. The Kier molecular flexibility index (Phi) is 5.84. The molecule has 0 spiro atoms. The molecule has 1 heterocycles. The van der Waals surface area contributed by atoms with Crippen molar-refractivity contribution in [2.75, 3.05) is 26.2 Å². The van der Waals surface area contributed by atoms with Gasteiger partial charge in [-0.05, 0) is 37.6 Å². The average Bonchev–Trinajstić information content (AvgIpc) is 3.21. The molecule has 2 fully saturated rings. The van der Waals surface area contributed by atoms with Crippen LogP contribution in [-0.2, 0) is 10.2 Å². The van der Waals surface area contributed by atoms with Crippen molar-refractivity contribution in [2.24, 2.45) is 11.8 Å². The first-order valence-corrected chi connectivity index (χ1v) is 9.39. The van der Waals surface area contributed by atoms with E-state index in [4.69, 9.17) is 0 Å². The first-order chi connectivity index (χ1) is 9.47. The maximum Gasteiger partial charge on any atom is 0.279 e. The zero-order valence-corrected chi connectivity index (χ0v) is 13.6. The van der Waals surface area contributed by atoms with E-state index >= 15 is 0 Å². The van der Waals surface area contributed by atoms with Crippen LogP contribution >= 0.6 is 0 Å². The van der Waals surface area contributed by atoms with Crippen molar-refractivity contribution in [1.29, 1.82) is 0 Å². The molecule has 1 saturated carbocycles. The van der Waals surface area contributed by atoms with Crippen LogP contribution in [0.25, 0.3) is 0 Å². The van der Waals surface area contributed by atoms with Crippen LogP contribution in [0.3, 0.4) is 0 Å². The number of hydrogen-bond acceptors (Lipinski definition) is 3. The van der Waals surface area contributed by atoms with Crippen molar-refractivity contribution < 1.29 is 8.42 Å². The average molecular weight is 303 g/mol. The minimum absolute atomic E-state index is 0.501. The van der Waals surface area contributed by atoms with Gasteiger partial charge in [0.05, 0.1) is 0 Å². The van der Waals surface area contributed by atoms with Gasteiger partial charge in [-0.1, -0.05) is 26.7 Å². The summed E-state index contributed by atoms with van der Waals surface area (Å²) in [6, 6.07) is 0.501. The third-order valence-corrected chi connectivity index (χ3v) is 5.88. The molecule has 1 aliphatic heterocycles. The van der Waals surface area contributed by atoms with Gasteiger partial charge in [0.25, 0.3) is 10.2 Å². The van der Waals surface area contributed by atoms with Gasteiger partial charge >= 0.3 is 0 Å². The van der Waals surface area contributed by atoms with Crippen molar-refractivity contribution in [1.82, 2.24) is 14.3 Å². The molecule has 0 aromatic carbocycles. The molecule has 2 rings (SSSR count). The smallest absolute Gasteiger partial charge is 0.279 e. The first-order valence-electron chi connectivity index (χ1n) is 7.95. The summed E-state index contributed by atoms with van der Waals surface area (Å²) in [5, 5.41) is 3.44. The summed E-state index contributed by atoms with van der Waals surface area (Å²) in [7, 11) is -3.24. The summed E-state index contributed by atoms with van der Waals surface area (Å²) in [5.41, 5.74) is 0.